The zero-order valence-electron chi connectivity index (χ0n) is 21.0. The van der Waals surface area contributed by atoms with Gasteiger partial charge in [0.05, 0.1) is 22.2 Å². The first-order chi connectivity index (χ1) is 17.7. The fraction of sp³-hybridized carbons (Fsp3) is 0.370. The van der Waals surface area contributed by atoms with Gasteiger partial charge in [-0.05, 0) is 73.1 Å². The average molecular weight is 549 g/mol. The van der Waals surface area contributed by atoms with Gasteiger partial charge in [0.2, 0.25) is 0 Å². The maximum atomic E-state index is 14.7. The lowest BCUT2D eigenvalue weighted by molar-refractivity contribution is -0.123. The van der Waals surface area contributed by atoms with Crippen LogP contribution in [0.3, 0.4) is 0 Å². The Kier molecular flexibility index (Phi) is 7.48. The van der Waals surface area contributed by atoms with Crippen molar-refractivity contribution >= 4 is 15.6 Å². The molecule has 0 spiro atoms. The van der Waals surface area contributed by atoms with E-state index in [9.17, 15) is 36.6 Å². The Morgan fingerprint density at radius 3 is 2.37 bits per heavy atom. The van der Waals surface area contributed by atoms with Gasteiger partial charge in [-0.15, -0.1) is 0 Å². The molecule has 3 aromatic rings. The van der Waals surface area contributed by atoms with Crippen LogP contribution in [-0.4, -0.2) is 52.3 Å². The Bertz CT molecular complexity index is 1470. The number of halogens is 3. The number of ketones is 1. The summed E-state index contributed by atoms with van der Waals surface area (Å²) in [6.07, 6.45) is 3.53. The second-order valence-electron chi connectivity index (χ2n) is 10.0. The summed E-state index contributed by atoms with van der Waals surface area (Å²) in [6, 6.07) is 4.85. The van der Waals surface area contributed by atoms with Crippen LogP contribution in [0.25, 0.3) is 11.3 Å². The third kappa shape index (κ3) is 5.36. The van der Waals surface area contributed by atoms with Gasteiger partial charge in [-0.25, -0.2) is 26.6 Å². The predicted molar refractivity (Wildman–Crippen MR) is 133 cm³/mol. The molecule has 7 nitrogen and oxygen atoms in total. The molecule has 1 fully saturated rings. The lowest BCUT2D eigenvalue weighted by atomic mass is 9.68. The van der Waals surface area contributed by atoms with Crippen LogP contribution in [0.15, 0.2) is 47.6 Å². The van der Waals surface area contributed by atoms with E-state index in [1.54, 1.807) is 19.2 Å². The molecule has 1 aromatic carbocycles. The van der Waals surface area contributed by atoms with Crippen LogP contribution < -0.4 is 0 Å². The van der Waals surface area contributed by atoms with Gasteiger partial charge in [-0.3, -0.25) is 9.78 Å². The molecular weight excluding hydrogens is 521 g/mol. The monoisotopic (exact) mass is 548 g/mol. The largest absolute Gasteiger partial charge is 0.390 e. The van der Waals surface area contributed by atoms with E-state index >= 15 is 0 Å². The molecule has 2 N–H and O–H groups in total. The lowest BCUT2D eigenvalue weighted by Crippen LogP contribution is -2.49. The first-order valence-electron chi connectivity index (χ1n) is 11.9. The molecule has 0 unspecified atom stereocenters. The number of benzene rings is 1. The molecule has 0 aliphatic heterocycles. The molecule has 2 aromatic heterocycles. The third-order valence-electron chi connectivity index (χ3n) is 7.36. The van der Waals surface area contributed by atoms with E-state index < -0.39 is 60.9 Å². The Balaban J connectivity index is 1.65. The second-order valence-corrected chi connectivity index (χ2v) is 12.1. The van der Waals surface area contributed by atoms with Crippen LogP contribution in [0.2, 0.25) is 0 Å². The van der Waals surface area contributed by atoms with Crippen molar-refractivity contribution < 1.29 is 36.6 Å². The standard InChI is InChI=1S/C27H27F3N2O5S/c1-14-8-15(10-24(34)27(14,2)35)18-6-7-31-13-16(18)9-23(33)22-5-4-19(28)26(32-22)25-20(29)11-17(12-21(25)30)38(3,36)37/h4-7,11-15,24,34-35H,8-10H2,1-3H3/t14-,15+,24+,27+/m0/s1. The number of Topliss-reactive ketones (excluding diaryl/α,β-unsaturated/α-hetero) is 1. The number of pyridine rings is 2. The van der Waals surface area contributed by atoms with Crippen LogP contribution in [0.4, 0.5) is 13.2 Å². The summed E-state index contributed by atoms with van der Waals surface area (Å²) in [4.78, 5) is 20.5. The van der Waals surface area contributed by atoms with Crippen molar-refractivity contribution in [1.29, 1.82) is 0 Å². The van der Waals surface area contributed by atoms with E-state index in [4.69, 9.17) is 0 Å². The summed E-state index contributed by atoms with van der Waals surface area (Å²) >= 11 is 0. The molecule has 4 atom stereocenters. The number of hydrogen-bond acceptors (Lipinski definition) is 7. The lowest BCUT2D eigenvalue weighted by Gasteiger charge is -2.43. The molecule has 202 valence electrons. The zero-order valence-corrected chi connectivity index (χ0v) is 21.8. The maximum absolute atomic E-state index is 14.7. The molecule has 1 saturated carbocycles. The number of nitrogens with zero attached hydrogens (tertiary/aromatic N) is 2. The number of carbonyl (C=O) groups is 1. The summed E-state index contributed by atoms with van der Waals surface area (Å²) < 4.78 is 67.4. The number of aliphatic hydroxyl groups is 2. The van der Waals surface area contributed by atoms with E-state index in [1.165, 1.54) is 6.20 Å². The molecule has 0 radical (unpaired) electrons. The van der Waals surface area contributed by atoms with E-state index in [-0.39, 0.29) is 30.4 Å². The smallest absolute Gasteiger partial charge is 0.185 e. The van der Waals surface area contributed by atoms with Crippen molar-refractivity contribution in [2.75, 3.05) is 6.26 Å². The fourth-order valence-corrected chi connectivity index (χ4v) is 5.50. The van der Waals surface area contributed by atoms with Gasteiger partial charge in [0.25, 0.3) is 0 Å². The molecule has 1 aliphatic carbocycles. The van der Waals surface area contributed by atoms with E-state index in [1.807, 2.05) is 6.92 Å². The highest BCUT2D eigenvalue weighted by atomic mass is 32.2. The molecule has 4 rings (SSSR count). The van der Waals surface area contributed by atoms with Crippen molar-refractivity contribution in [3.05, 3.63) is 77.0 Å². The maximum Gasteiger partial charge on any atom is 0.185 e. The topological polar surface area (TPSA) is 117 Å². The minimum Gasteiger partial charge on any atom is -0.390 e. The zero-order chi connectivity index (χ0) is 28.0. The van der Waals surface area contributed by atoms with Gasteiger partial charge in [-0.1, -0.05) is 6.92 Å². The molecule has 0 amide bonds. The van der Waals surface area contributed by atoms with E-state index in [2.05, 4.69) is 9.97 Å². The quantitative estimate of drug-likeness (QED) is 0.447. The van der Waals surface area contributed by atoms with Crippen LogP contribution in [-0.2, 0) is 16.3 Å². The van der Waals surface area contributed by atoms with Gasteiger partial charge >= 0.3 is 0 Å². The minimum atomic E-state index is -3.92. The Morgan fingerprint density at radius 2 is 1.76 bits per heavy atom. The van der Waals surface area contributed by atoms with Crippen LogP contribution >= 0.6 is 0 Å². The van der Waals surface area contributed by atoms with Crippen LogP contribution in [0.1, 0.15) is 54.2 Å². The van der Waals surface area contributed by atoms with Crippen LogP contribution in [0, 0.1) is 23.4 Å². The third-order valence-corrected chi connectivity index (χ3v) is 8.45. The van der Waals surface area contributed by atoms with E-state index in [0.29, 0.717) is 24.1 Å². The summed E-state index contributed by atoms with van der Waals surface area (Å²) in [6.45, 7) is 3.43. The summed E-state index contributed by atoms with van der Waals surface area (Å²) in [5.41, 5.74) is -1.82. The Morgan fingerprint density at radius 1 is 1.11 bits per heavy atom. The number of sulfone groups is 1. The molecule has 0 bridgehead atoms. The Hall–Kier alpha value is -3.15. The van der Waals surface area contributed by atoms with Gasteiger partial charge in [0.1, 0.15) is 28.8 Å². The highest BCUT2D eigenvalue weighted by Gasteiger charge is 2.43. The van der Waals surface area contributed by atoms with Gasteiger partial charge < -0.3 is 10.2 Å². The molecular formula is C27H27F3N2O5S. The number of hydrogen-bond donors (Lipinski definition) is 2. The number of aliphatic hydroxyl groups excluding tert-OH is 1. The second kappa shape index (κ2) is 10.2. The van der Waals surface area contributed by atoms with Crippen molar-refractivity contribution in [2.24, 2.45) is 5.92 Å². The summed E-state index contributed by atoms with van der Waals surface area (Å²) in [7, 11) is -3.92. The predicted octanol–water partition coefficient (Wildman–Crippen LogP) is 4.02. The van der Waals surface area contributed by atoms with Gasteiger partial charge in [0.15, 0.2) is 15.6 Å². The van der Waals surface area contributed by atoms with Crippen molar-refractivity contribution in [3.63, 3.8) is 0 Å². The molecule has 1 aliphatic rings. The van der Waals surface area contributed by atoms with Crippen molar-refractivity contribution in [2.45, 2.75) is 55.6 Å². The summed E-state index contributed by atoms with van der Waals surface area (Å²) in [5, 5.41) is 21.0. The average Bonchev–Trinajstić information content (AvgIpc) is 2.83. The number of carbonyl (C=O) groups excluding carboxylic acids is 1. The SMILES string of the molecule is C[C@H]1C[C@@H](c2ccncc2CC(=O)c2ccc(F)c(-c3c(F)cc(S(C)(=O)=O)cc3F)n2)C[C@@H](O)[C@]1(C)O. The van der Waals surface area contributed by atoms with Crippen molar-refractivity contribution in [3.8, 4) is 11.3 Å². The Labute approximate surface area is 218 Å². The highest BCUT2D eigenvalue weighted by Crippen LogP contribution is 2.42. The van der Waals surface area contributed by atoms with E-state index in [0.717, 1.165) is 24.0 Å². The first-order valence-corrected chi connectivity index (χ1v) is 13.8. The first kappa shape index (κ1) is 27.9. The molecule has 0 saturated heterocycles. The molecule has 11 heteroatoms. The molecule has 2 heterocycles. The highest BCUT2D eigenvalue weighted by molar-refractivity contribution is 7.90. The number of aromatic nitrogens is 2. The van der Waals surface area contributed by atoms with Gasteiger partial charge in [-0.2, -0.15) is 0 Å². The summed E-state index contributed by atoms with van der Waals surface area (Å²) in [5.74, 6) is -4.70. The molecule has 38 heavy (non-hydrogen) atoms. The van der Waals surface area contributed by atoms with Crippen molar-refractivity contribution in [1.82, 2.24) is 9.97 Å². The number of rotatable bonds is 6. The normalized spacial score (nSPS) is 23.8. The van der Waals surface area contributed by atoms with Crippen LogP contribution in [0.5, 0.6) is 0 Å². The fourth-order valence-electron chi connectivity index (χ4n) is 4.86. The van der Waals surface area contributed by atoms with Gasteiger partial charge in [0, 0.05) is 25.1 Å². The minimum absolute atomic E-state index is 0.153.